The number of hydrogen-bond acceptors (Lipinski definition) is 7. The van der Waals surface area contributed by atoms with Gasteiger partial charge in [-0.1, -0.05) is 12.1 Å². The van der Waals surface area contributed by atoms with Gasteiger partial charge in [0.2, 0.25) is 0 Å². The number of hydrogen-bond donors (Lipinski definition) is 2. The molecule has 0 aliphatic carbocycles. The minimum Gasteiger partial charge on any atom is -0.425 e. The first kappa shape index (κ1) is 21.2. The zero-order valence-corrected chi connectivity index (χ0v) is 18.1. The lowest BCUT2D eigenvalue weighted by Crippen LogP contribution is -2.51. The Hall–Kier alpha value is -4.06. The number of aromatic nitrogens is 4. The van der Waals surface area contributed by atoms with E-state index in [-0.39, 0.29) is 27.9 Å². The average Bonchev–Trinajstić information content (AvgIpc) is 3.12. The maximum absolute atomic E-state index is 12.6. The molecule has 2 N–H and O–H groups in total. The van der Waals surface area contributed by atoms with E-state index in [0.717, 1.165) is 4.57 Å². The summed E-state index contributed by atoms with van der Waals surface area (Å²) in [6.45, 7) is 2.23. The van der Waals surface area contributed by atoms with Crippen molar-refractivity contribution in [2.24, 2.45) is 14.1 Å². The van der Waals surface area contributed by atoms with Gasteiger partial charge in [0.1, 0.15) is 11.3 Å². The topological polar surface area (TPSA) is 129 Å². The summed E-state index contributed by atoms with van der Waals surface area (Å²) in [6, 6.07) is 6.73. The number of fused-ring (bicyclic) bond motifs is 1. The number of nitrogens with zero attached hydrogens (tertiary/aromatic N) is 4. The molecule has 1 saturated heterocycles. The van der Waals surface area contributed by atoms with Gasteiger partial charge in [-0.25, -0.2) is 4.79 Å². The summed E-state index contributed by atoms with van der Waals surface area (Å²) < 4.78 is 9.77. The van der Waals surface area contributed by atoms with Crippen LogP contribution in [0, 0.1) is 0 Å². The summed E-state index contributed by atoms with van der Waals surface area (Å²) in [7, 11) is 2.94. The molecule has 164 valence electrons. The van der Waals surface area contributed by atoms with E-state index in [1.165, 1.54) is 24.7 Å². The van der Waals surface area contributed by atoms with E-state index >= 15 is 0 Å². The SMILES string of the molecule is CCn1c(Oc2ccc(C=C3C(=O)NC(=S)NC3=O)cc2)nc2c1c(=O)n(C)c(=O)n2C. The Bertz CT molecular complexity index is 1420. The first-order valence-corrected chi connectivity index (χ1v) is 9.94. The third kappa shape index (κ3) is 3.50. The van der Waals surface area contributed by atoms with E-state index in [1.807, 2.05) is 6.92 Å². The van der Waals surface area contributed by atoms with Gasteiger partial charge in [0.25, 0.3) is 17.4 Å². The van der Waals surface area contributed by atoms with Crippen molar-refractivity contribution in [2.45, 2.75) is 13.5 Å². The second-order valence-corrected chi connectivity index (χ2v) is 7.39. The molecule has 0 saturated carbocycles. The highest BCUT2D eigenvalue weighted by atomic mass is 32.1. The van der Waals surface area contributed by atoms with E-state index in [2.05, 4.69) is 15.6 Å². The summed E-state index contributed by atoms with van der Waals surface area (Å²) in [5.74, 6) is -0.747. The molecule has 0 atom stereocenters. The van der Waals surface area contributed by atoms with E-state index in [1.54, 1.807) is 28.8 Å². The fourth-order valence-corrected chi connectivity index (χ4v) is 3.49. The first-order chi connectivity index (χ1) is 15.2. The number of benzene rings is 1. The molecule has 1 aromatic carbocycles. The molecule has 0 radical (unpaired) electrons. The van der Waals surface area contributed by atoms with Crippen molar-refractivity contribution in [1.82, 2.24) is 29.3 Å². The number of imidazole rings is 1. The Morgan fingerprint density at radius 1 is 1.03 bits per heavy atom. The third-order valence-corrected chi connectivity index (χ3v) is 5.18. The van der Waals surface area contributed by atoms with Crippen LogP contribution in [0.1, 0.15) is 12.5 Å². The Labute approximate surface area is 185 Å². The van der Waals surface area contributed by atoms with Crippen LogP contribution in [0.25, 0.3) is 17.2 Å². The third-order valence-electron chi connectivity index (χ3n) is 4.97. The molecule has 1 aliphatic heterocycles. The molecule has 11 nitrogen and oxygen atoms in total. The van der Waals surface area contributed by atoms with Gasteiger partial charge >= 0.3 is 11.7 Å². The minimum atomic E-state index is -0.581. The summed E-state index contributed by atoms with van der Waals surface area (Å²) in [6.07, 6.45) is 1.43. The summed E-state index contributed by atoms with van der Waals surface area (Å²) in [5.41, 5.74) is 0.0632. The Kier molecular flexibility index (Phi) is 5.22. The smallest absolute Gasteiger partial charge is 0.332 e. The molecule has 2 amide bonds. The van der Waals surface area contributed by atoms with Crippen molar-refractivity contribution in [3.63, 3.8) is 0 Å². The highest BCUT2D eigenvalue weighted by Gasteiger charge is 2.25. The molecule has 12 heteroatoms. The number of thiocarbonyl (C=S) groups is 1. The van der Waals surface area contributed by atoms with Crippen LogP contribution in [0.2, 0.25) is 0 Å². The van der Waals surface area contributed by atoms with E-state index in [4.69, 9.17) is 17.0 Å². The molecular formula is C20H18N6O5S. The molecule has 3 heterocycles. The van der Waals surface area contributed by atoms with Crippen LogP contribution in [0.3, 0.4) is 0 Å². The normalized spacial score (nSPS) is 13.8. The number of carbonyl (C=O) groups excluding carboxylic acids is 2. The number of rotatable bonds is 4. The van der Waals surface area contributed by atoms with Gasteiger partial charge in [0.15, 0.2) is 16.3 Å². The molecule has 0 unspecified atom stereocenters. The van der Waals surface area contributed by atoms with E-state index in [0.29, 0.717) is 17.9 Å². The lowest BCUT2D eigenvalue weighted by atomic mass is 10.1. The second kappa shape index (κ2) is 7.89. The van der Waals surface area contributed by atoms with Gasteiger partial charge in [-0.2, -0.15) is 4.98 Å². The Morgan fingerprint density at radius 3 is 2.25 bits per heavy atom. The predicted octanol–water partition coefficient (Wildman–Crippen LogP) is 0.160. The van der Waals surface area contributed by atoms with E-state index < -0.39 is 23.1 Å². The number of ether oxygens (including phenoxy) is 1. The largest absolute Gasteiger partial charge is 0.425 e. The molecule has 1 fully saturated rings. The zero-order valence-electron chi connectivity index (χ0n) is 17.3. The highest BCUT2D eigenvalue weighted by molar-refractivity contribution is 7.80. The quantitative estimate of drug-likeness (QED) is 0.326. The van der Waals surface area contributed by atoms with Crippen molar-refractivity contribution in [3.05, 3.63) is 56.2 Å². The van der Waals surface area contributed by atoms with Gasteiger partial charge in [0, 0.05) is 20.6 Å². The molecule has 0 bridgehead atoms. The van der Waals surface area contributed by atoms with Crippen LogP contribution < -0.4 is 26.6 Å². The van der Waals surface area contributed by atoms with Gasteiger partial charge < -0.3 is 4.74 Å². The number of carbonyl (C=O) groups is 2. The summed E-state index contributed by atoms with van der Waals surface area (Å²) in [5, 5.41) is 4.71. The standard InChI is InChI=1S/C20H18N6O5S/c1-4-26-13-14(24(2)20(30)25(3)17(13)29)21-19(26)31-11-7-5-10(6-8-11)9-12-15(27)22-18(32)23-16(12)28/h5-9H,4H2,1-3H3,(H2,22,23,27,28,32). The van der Waals surface area contributed by atoms with Crippen LogP contribution in [-0.2, 0) is 30.2 Å². The van der Waals surface area contributed by atoms with Crippen LogP contribution >= 0.6 is 12.2 Å². The second-order valence-electron chi connectivity index (χ2n) is 6.98. The maximum atomic E-state index is 12.6. The minimum absolute atomic E-state index is 0.0351. The van der Waals surface area contributed by atoms with Crippen molar-refractivity contribution < 1.29 is 14.3 Å². The van der Waals surface area contributed by atoms with Crippen LogP contribution in [0.15, 0.2) is 39.4 Å². The van der Waals surface area contributed by atoms with Gasteiger partial charge in [-0.15, -0.1) is 0 Å². The van der Waals surface area contributed by atoms with Crippen LogP contribution in [-0.4, -0.2) is 35.6 Å². The Morgan fingerprint density at radius 2 is 1.66 bits per heavy atom. The van der Waals surface area contributed by atoms with E-state index in [9.17, 15) is 19.2 Å². The summed E-state index contributed by atoms with van der Waals surface area (Å²) >= 11 is 4.78. The molecule has 1 aliphatic rings. The highest BCUT2D eigenvalue weighted by Crippen LogP contribution is 2.24. The average molecular weight is 454 g/mol. The fourth-order valence-electron chi connectivity index (χ4n) is 3.31. The van der Waals surface area contributed by atoms with Crippen molar-refractivity contribution in [1.29, 1.82) is 0 Å². The molecule has 2 aromatic heterocycles. The lowest BCUT2D eigenvalue weighted by Gasteiger charge is -2.16. The number of nitrogens with one attached hydrogen (secondary N) is 2. The number of aryl methyl sites for hydroxylation is 2. The molecule has 3 aromatic rings. The lowest BCUT2D eigenvalue weighted by molar-refractivity contribution is -0.123. The van der Waals surface area contributed by atoms with Crippen molar-refractivity contribution in [2.75, 3.05) is 0 Å². The Balaban J connectivity index is 1.67. The van der Waals surface area contributed by atoms with Gasteiger partial charge in [0.05, 0.1) is 0 Å². The first-order valence-electron chi connectivity index (χ1n) is 9.53. The molecular weight excluding hydrogens is 436 g/mol. The van der Waals surface area contributed by atoms with Crippen molar-refractivity contribution in [3.8, 4) is 11.8 Å². The fraction of sp³-hybridized carbons (Fsp3) is 0.200. The molecule has 4 rings (SSSR count). The predicted molar refractivity (Wildman–Crippen MR) is 119 cm³/mol. The number of amides is 2. The monoisotopic (exact) mass is 454 g/mol. The zero-order chi connectivity index (χ0) is 23.2. The molecule has 32 heavy (non-hydrogen) atoms. The van der Waals surface area contributed by atoms with Crippen molar-refractivity contribution >= 4 is 46.4 Å². The van der Waals surface area contributed by atoms with Crippen LogP contribution in [0.4, 0.5) is 0 Å². The maximum Gasteiger partial charge on any atom is 0.332 e. The van der Waals surface area contributed by atoms with Gasteiger partial charge in [-0.05, 0) is 42.9 Å². The molecule has 0 spiro atoms. The van der Waals surface area contributed by atoms with Crippen LogP contribution in [0.5, 0.6) is 11.8 Å². The van der Waals surface area contributed by atoms with Gasteiger partial charge in [-0.3, -0.25) is 38.7 Å². The summed E-state index contributed by atoms with van der Waals surface area (Å²) in [4.78, 5) is 53.1.